The van der Waals surface area contributed by atoms with E-state index in [0.29, 0.717) is 30.9 Å². The number of benzene rings is 1. The number of rotatable bonds is 4. The molecule has 104 valence electrons. The van der Waals surface area contributed by atoms with E-state index in [1.54, 1.807) is 12.1 Å². The molecule has 0 spiro atoms. The minimum Gasteiger partial charge on any atom is -0.497 e. The van der Waals surface area contributed by atoms with Crippen LogP contribution in [0.5, 0.6) is 5.75 Å². The van der Waals surface area contributed by atoms with Crippen molar-refractivity contribution < 1.29 is 13.9 Å². The summed E-state index contributed by atoms with van der Waals surface area (Å²) in [4.78, 5) is 13.3. The van der Waals surface area contributed by atoms with Crippen LogP contribution in [0.1, 0.15) is 5.56 Å². The molecular formula is C13H18FN3O2. The summed E-state index contributed by atoms with van der Waals surface area (Å²) in [6, 6.07) is 4.33. The summed E-state index contributed by atoms with van der Waals surface area (Å²) in [6.45, 7) is 2.30. The molecule has 0 radical (unpaired) electrons. The Morgan fingerprint density at radius 2 is 2.42 bits per heavy atom. The van der Waals surface area contributed by atoms with Crippen molar-refractivity contribution >= 4 is 5.91 Å². The number of hydrogen-bond acceptors (Lipinski definition) is 4. The van der Waals surface area contributed by atoms with E-state index in [9.17, 15) is 9.18 Å². The van der Waals surface area contributed by atoms with Crippen LogP contribution in [0, 0.1) is 5.82 Å². The monoisotopic (exact) mass is 267 g/mol. The number of nitrogens with one attached hydrogen (secondary N) is 1. The van der Waals surface area contributed by atoms with Crippen molar-refractivity contribution in [1.29, 1.82) is 0 Å². The van der Waals surface area contributed by atoms with Gasteiger partial charge >= 0.3 is 0 Å². The minimum absolute atomic E-state index is 0.332. The molecule has 1 saturated heterocycles. The molecule has 1 aromatic carbocycles. The van der Waals surface area contributed by atoms with Crippen molar-refractivity contribution in [1.82, 2.24) is 10.2 Å². The lowest BCUT2D eigenvalue weighted by atomic mass is 10.1. The first kappa shape index (κ1) is 13.8. The second-order valence-electron chi connectivity index (χ2n) is 4.55. The summed E-state index contributed by atoms with van der Waals surface area (Å²) in [7, 11) is 1.49. The van der Waals surface area contributed by atoms with Crippen molar-refractivity contribution in [2.45, 2.75) is 12.6 Å². The van der Waals surface area contributed by atoms with Crippen LogP contribution in [0.2, 0.25) is 0 Å². The fraction of sp³-hybridized carbons (Fsp3) is 0.462. The van der Waals surface area contributed by atoms with Gasteiger partial charge in [0, 0.05) is 37.8 Å². The summed E-state index contributed by atoms with van der Waals surface area (Å²) in [5.74, 6) is -0.241. The van der Waals surface area contributed by atoms with Gasteiger partial charge in [-0.15, -0.1) is 0 Å². The normalized spacial score (nSPS) is 20.2. The molecule has 2 rings (SSSR count). The number of hydrogen-bond donors (Lipinski definition) is 2. The Hall–Kier alpha value is -1.66. The molecule has 3 N–H and O–H groups in total. The Morgan fingerprint density at radius 1 is 1.63 bits per heavy atom. The van der Waals surface area contributed by atoms with Gasteiger partial charge in [0.05, 0.1) is 7.11 Å². The van der Waals surface area contributed by atoms with Gasteiger partial charge in [-0.3, -0.25) is 9.69 Å². The van der Waals surface area contributed by atoms with Gasteiger partial charge in [-0.2, -0.15) is 0 Å². The quantitative estimate of drug-likeness (QED) is 0.811. The Balaban J connectivity index is 2.12. The fourth-order valence-electron chi connectivity index (χ4n) is 2.22. The molecule has 0 bridgehead atoms. The smallest absolute Gasteiger partial charge is 0.236 e. The molecular weight excluding hydrogens is 249 g/mol. The molecule has 19 heavy (non-hydrogen) atoms. The number of carbonyl (C=O) groups is 1. The van der Waals surface area contributed by atoms with Gasteiger partial charge in [0.2, 0.25) is 5.91 Å². The fourth-order valence-corrected chi connectivity index (χ4v) is 2.22. The molecule has 1 heterocycles. The van der Waals surface area contributed by atoms with Crippen molar-refractivity contribution in [2.75, 3.05) is 26.7 Å². The van der Waals surface area contributed by atoms with E-state index in [4.69, 9.17) is 10.5 Å². The molecule has 1 aliphatic heterocycles. The molecule has 1 aromatic rings. The van der Waals surface area contributed by atoms with Gasteiger partial charge in [-0.25, -0.2) is 4.39 Å². The highest BCUT2D eigenvalue weighted by Crippen LogP contribution is 2.19. The highest BCUT2D eigenvalue weighted by molar-refractivity contribution is 5.80. The highest BCUT2D eigenvalue weighted by atomic mass is 19.1. The van der Waals surface area contributed by atoms with Crippen molar-refractivity contribution in [3.05, 3.63) is 29.6 Å². The number of piperazine rings is 1. The van der Waals surface area contributed by atoms with Crippen LogP contribution < -0.4 is 15.8 Å². The van der Waals surface area contributed by atoms with Crippen LogP contribution >= 0.6 is 0 Å². The van der Waals surface area contributed by atoms with Crippen LogP contribution in [-0.2, 0) is 11.3 Å². The van der Waals surface area contributed by atoms with Gasteiger partial charge in [0.1, 0.15) is 17.6 Å². The lowest BCUT2D eigenvalue weighted by molar-refractivity contribution is -0.124. The van der Waals surface area contributed by atoms with Crippen molar-refractivity contribution in [2.24, 2.45) is 5.73 Å². The maximum Gasteiger partial charge on any atom is 0.236 e. The van der Waals surface area contributed by atoms with Crippen LogP contribution in [0.15, 0.2) is 18.2 Å². The lowest BCUT2D eigenvalue weighted by Gasteiger charge is -2.34. The average molecular weight is 267 g/mol. The predicted octanol–water partition coefficient (Wildman–Crippen LogP) is 0.0934. The van der Waals surface area contributed by atoms with Gasteiger partial charge in [-0.05, 0) is 6.07 Å². The Labute approximate surface area is 111 Å². The Kier molecular flexibility index (Phi) is 4.34. The molecule has 1 atom stereocenters. The molecule has 5 nitrogen and oxygen atoms in total. The first-order valence-corrected chi connectivity index (χ1v) is 6.18. The van der Waals surface area contributed by atoms with E-state index in [0.717, 1.165) is 6.54 Å². The maximum absolute atomic E-state index is 13.9. The number of nitrogens with zero attached hydrogens (tertiary/aromatic N) is 1. The number of nitrogens with two attached hydrogens (primary N) is 1. The molecule has 0 aromatic heterocycles. The first-order chi connectivity index (χ1) is 9.11. The Bertz CT molecular complexity index is 467. The van der Waals surface area contributed by atoms with Crippen LogP contribution in [0.3, 0.4) is 0 Å². The standard InChI is InChI=1S/C13H18FN3O2/c1-19-10-3-2-9(11(14)6-10)8-17-5-4-16-7-12(17)13(15)18/h2-3,6,12,16H,4-5,7-8H2,1H3,(H2,15,18). The molecule has 1 fully saturated rings. The lowest BCUT2D eigenvalue weighted by Crippen LogP contribution is -2.56. The zero-order valence-electron chi connectivity index (χ0n) is 10.9. The summed E-state index contributed by atoms with van der Waals surface area (Å²) in [5, 5.41) is 3.11. The summed E-state index contributed by atoms with van der Waals surface area (Å²) < 4.78 is 18.8. The second-order valence-corrected chi connectivity index (χ2v) is 4.55. The van der Waals surface area contributed by atoms with Crippen LogP contribution in [-0.4, -0.2) is 43.6 Å². The van der Waals surface area contributed by atoms with Crippen molar-refractivity contribution in [3.8, 4) is 5.75 Å². The van der Waals surface area contributed by atoms with E-state index in [1.165, 1.54) is 13.2 Å². The molecule has 0 aliphatic carbocycles. The van der Waals surface area contributed by atoms with E-state index in [-0.39, 0.29) is 11.7 Å². The third-order valence-corrected chi connectivity index (χ3v) is 3.32. The molecule has 0 saturated carbocycles. The van der Waals surface area contributed by atoms with Crippen LogP contribution in [0.4, 0.5) is 4.39 Å². The predicted molar refractivity (Wildman–Crippen MR) is 69.2 cm³/mol. The van der Waals surface area contributed by atoms with Crippen LogP contribution in [0.25, 0.3) is 0 Å². The number of methoxy groups -OCH3 is 1. The molecule has 1 aliphatic rings. The highest BCUT2D eigenvalue weighted by Gasteiger charge is 2.27. The molecule has 1 unspecified atom stereocenters. The zero-order chi connectivity index (χ0) is 13.8. The SMILES string of the molecule is COc1ccc(CN2CCNCC2C(N)=O)c(F)c1. The number of primary amides is 1. The third-order valence-electron chi connectivity index (χ3n) is 3.32. The van der Waals surface area contributed by atoms with E-state index >= 15 is 0 Å². The zero-order valence-corrected chi connectivity index (χ0v) is 10.9. The largest absolute Gasteiger partial charge is 0.497 e. The summed E-state index contributed by atoms with van der Waals surface area (Å²) in [6.07, 6.45) is 0. The third kappa shape index (κ3) is 3.21. The van der Waals surface area contributed by atoms with Gasteiger partial charge < -0.3 is 15.8 Å². The number of ether oxygens (including phenoxy) is 1. The number of carbonyl (C=O) groups excluding carboxylic acids is 1. The maximum atomic E-state index is 13.9. The molecule has 6 heteroatoms. The van der Waals surface area contributed by atoms with E-state index in [1.807, 2.05) is 4.90 Å². The van der Waals surface area contributed by atoms with E-state index in [2.05, 4.69) is 5.32 Å². The summed E-state index contributed by atoms with van der Waals surface area (Å²) in [5.41, 5.74) is 5.90. The number of amides is 1. The average Bonchev–Trinajstić information content (AvgIpc) is 2.41. The number of halogens is 1. The topological polar surface area (TPSA) is 67.6 Å². The van der Waals surface area contributed by atoms with Gasteiger partial charge in [-0.1, -0.05) is 6.07 Å². The summed E-state index contributed by atoms with van der Waals surface area (Å²) >= 11 is 0. The Morgan fingerprint density at radius 3 is 3.05 bits per heavy atom. The van der Waals surface area contributed by atoms with Gasteiger partial charge in [0.15, 0.2) is 0 Å². The van der Waals surface area contributed by atoms with Gasteiger partial charge in [0.25, 0.3) is 0 Å². The first-order valence-electron chi connectivity index (χ1n) is 6.18. The van der Waals surface area contributed by atoms with Crippen molar-refractivity contribution in [3.63, 3.8) is 0 Å². The van der Waals surface area contributed by atoms with E-state index < -0.39 is 6.04 Å². The molecule has 1 amide bonds. The minimum atomic E-state index is -0.393. The second kappa shape index (κ2) is 5.99.